The lowest BCUT2D eigenvalue weighted by molar-refractivity contribution is -0.134. The SMILES string of the molecule is NCCCc1nc2c(s1)Cc1ccccc1-2.O=C(O)C=CC(=O)O. The fourth-order valence-electron chi connectivity index (χ4n) is 2.31. The molecule has 2 aromatic rings. The van der Waals surface area contributed by atoms with E-state index in [9.17, 15) is 9.59 Å². The van der Waals surface area contributed by atoms with Gasteiger partial charge in [-0.15, -0.1) is 11.3 Å². The van der Waals surface area contributed by atoms with Gasteiger partial charge < -0.3 is 15.9 Å². The number of nitrogens with zero attached hydrogens (tertiary/aromatic N) is 1. The number of nitrogens with two attached hydrogens (primary N) is 1. The Morgan fingerprint density at radius 1 is 1.21 bits per heavy atom. The molecule has 24 heavy (non-hydrogen) atoms. The van der Waals surface area contributed by atoms with E-state index in [1.54, 1.807) is 0 Å². The van der Waals surface area contributed by atoms with Gasteiger partial charge in [-0.25, -0.2) is 14.6 Å². The number of hydrogen-bond acceptors (Lipinski definition) is 5. The van der Waals surface area contributed by atoms with E-state index in [1.807, 2.05) is 11.3 Å². The predicted molar refractivity (Wildman–Crippen MR) is 92.1 cm³/mol. The molecule has 0 radical (unpaired) electrons. The van der Waals surface area contributed by atoms with Crippen LogP contribution in [-0.2, 0) is 22.4 Å². The number of aryl methyl sites for hydroxylation is 1. The van der Waals surface area contributed by atoms with Crippen LogP contribution in [0.2, 0.25) is 0 Å². The molecule has 1 heterocycles. The summed E-state index contributed by atoms with van der Waals surface area (Å²) in [5.74, 6) is -2.51. The van der Waals surface area contributed by atoms with E-state index in [4.69, 9.17) is 20.9 Å². The van der Waals surface area contributed by atoms with Crippen LogP contribution in [0.5, 0.6) is 0 Å². The highest BCUT2D eigenvalue weighted by Crippen LogP contribution is 2.39. The molecule has 0 fully saturated rings. The van der Waals surface area contributed by atoms with Gasteiger partial charge in [0.15, 0.2) is 0 Å². The van der Waals surface area contributed by atoms with Gasteiger partial charge in [0.1, 0.15) is 0 Å². The first-order chi connectivity index (χ1) is 11.5. The van der Waals surface area contributed by atoms with Crippen molar-refractivity contribution in [3.8, 4) is 11.3 Å². The smallest absolute Gasteiger partial charge is 0.328 e. The van der Waals surface area contributed by atoms with Crippen molar-refractivity contribution in [2.24, 2.45) is 5.73 Å². The molecule has 0 saturated carbocycles. The lowest BCUT2D eigenvalue weighted by atomic mass is 10.1. The first-order valence-electron chi connectivity index (χ1n) is 7.42. The number of rotatable bonds is 5. The summed E-state index contributed by atoms with van der Waals surface area (Å²) in [4.78, 5) is 25.3. The normalized spacial score (nSPS) is 11.5. The van der Waals surface area contributed by atoms with Gasteiger partial charge in [0.2, 0.25) is 0 Å². The van der Waals surface area contributed by atoms with Crippen molar-refractivity contribution in [2.45, 2.75) is 19.3 Å². The summed E-state index contributed by atoms with van der Waals surface area (Å²) in [5, 5.41) is 16.9. The standard InChI is InChI=1S/C13H14N2S.C4H4O4/c14-7-3-6-12-15-13-10-5-2-1-4-9(10)8-11(13)16-12;5-3(6)1-2-4(7)8/h1-2,4-5H,3,6-8,14H2;1-2H,(H,5,6)(H,7,8). The summed E-state index contributed by atoms with van der Waals surface area (Å²) in [6.45, 7) is 0.751. The highest BCUT2D eigenvalue weighted by Gasteiger charge is 2.22. The Kier molecular flexibility index (Phi) is 6.22. The van der Waals surface area contributed by atoms with Gasteiger partial charge in [0.25, 0.3) is 0 Å². The lowest BCUT2D eigenvalue weighted by Gasteiger charge is -1.97. The molecule has 4 N–H and O–H groups in total. The van der Waals surface area contributed by atoms with Crippen molar-refractivity contribution in [1.82, 2.24) is 4.98 Å². The van der Waals surface area contributed by atoms with Crippen LogP contribution in [-0.4, -0.2) is 33.7 Å². The summed E-state index contributed by atoms with van der Waals surface area (Å²) in [7, 11) is 0. The first kappa shape index (κ1) is 17.8. The van der Waals surface area contributed by atoms with Crippen LogP contribution in [0.25, 0.3) is 11.3 Å². The summed E-state index contributed by atoms with van der Waals surface area (Å²) in [6, 6.07) is 8.56. The van der Waals surface area contributed by atoms with Crippen molar-refractivity contribution in [1.29, 1.82) is 0 Å². The third-order valence-electron chi connectivity index (χ3n) is 3.33. The maximum Gasteiger partial charge on any atom is 0.328 e. The maximum atomic E-state index is 9.55. The topological polar surface area (TPSA) is 114 Å². The van der Waals surface area contributed by atoms with Gasteiger partial charge in [-0.1, -0.05) is 24.3 Å². The monoisotopic (exact) mass is 346 g/mol. The molecule has 0 amide bonds. The minimum atomic E-state index is -1.26. The molecule has 0 atom stereocenters. The molecule has 0 aliphatic heterocycles. The molecule has 0 unspecified atom stereocenters. The second kappa shape index (κ2) is 8.37. The average Bonchev–Trinajstić information content (AvgIpc) is 3.09. The molecular weight excluding hydrogens is 328 g/mol. The van der Waals surface area contributed by atoms with Crippen molar-refractivity contribution in [2.75, 3.05) is 6.54 Å². The van der Waals surface area contributed by atoms with Gasteiger partial charge in [0, 0.05) is 35.4 Å². The van der Waals surface area contributed by atoms with Gasteiger partial charge >= 0.3 is 11.9 Å². The predicted octanol–water partition coefficient (Wildman–Crippen LogP) is 2.32. The Hall–Kier alpha value is -2.51. The summed E-state index contributed by atoms with van der Waals surface area (Å²) in [5.41, 5.74) is 9.48. The molecule has 6 nitrogen and oxygen atoms in total. The van der Waals surface area contributed by atoms with Crippen LogP contribution in [0.1, 0.15) is 21.9 Å². The zero-order chi connectivity index (χ0) is 17.5. The van der Waals surface area contributed by atoms with E-state index in [0.29, 0.717) is 12.2 Å². The molecule has 126 valence electrons. The summed E-state index contributed by atoms with van der Waals surface area (Å²) in [6.07, 6.45) is 4.24. The Morgan fingerprint density at radius 3 is 2.50 bits per heavy atom. The molecule has 7 heteroatoms. The highest BCUT2D eigenvalue weighted by molar-refractivity contribution is 7.12. The number of hydrogen-bond donors (Lipinski definition) is 3. The molecule has 3 rings (SSSR count). The molecule has 1 aliphatic rings. The number of thiazole rings is 1. The van der Waals surface area contributed by atoms with Crippen LogP contribution in [0, 0.1) is 0 Å². The van der Waals surface area contributed by atoms with Crippen LogP contribution in [0.4, 0.5) is 0 Å². The minimum Gasteiger partial charge on any atom is -0.478 e. The van der Waals surface area contributed by atoms with Crippen LogP contribution in [0.15, 0.2) is 36.4 Å². The van der Waals surface area contributed by atoms with E-state index < -0.39 is 11.9 Å². The van der Waals surface area contributed by atoms with Crippen molar-refractivity contribution in [3.63, 3.8) is 0 Å². The summed E-state index contributed by atoms with van der Waals surface area (Å²) < 4.78 is 0. The number of fused-ring (bicyclic) bond motifs is 3. The van der Waals surface area contributed by atoms with Gasteiger partial charge in [-0.2, -0.15) is 0 Å². The molecular formula is C17H18N2O4S. The zero-order valence-corrected chi connectivity index (χ0v) is 13.8. The van der Waals surface area contributed by atoms with Crippen molar-refractivity contribution >= 4 is 23.3 Å². The number of carboxylic acid groups (broad SMARTS) is 2. The quantitative estimate of drug-likeness (QED) is 0.611. The number of carboxylic acids is 2. The molecule has 1 aromatic carbocycles. The second-order valence-corrected chi connectivity index (χ2v) is 6.28. The fraction of sp³-hybridized carbons (Fsp3) is 0.235. The number of benzene rings is 1. The average molecular weight is 346 g/mol. The highest BCUT2D eigenvalue weighted by atomic mass is 32.1. The van der Waals surface area contributed by atoms with Gasteiger partial charge in [-0.05, 0) is 18.5 Å². The van der Waals surface area contributed by atoms with Crippen molar-refractivity contribution in [3.05, 3.63) is 51.9 Å². The molecule has 0 spiro atoms. The largest absolute Gasteiger partial charge is 0.478 e. The molecule has 0 saturated heterocycles. The number of aliphatic carboxylic acids is 2. The number of carbonyl (C=O) groups is 2. The Morgan fingerprint density at radius 2 is 1.88 bits per heavy atom. The van der Waals surface area contributed by atoms with Crippen LogP contribution in [0.3, 0.4) is 0 Å². The number of aromatic nitrogens is 1. The van der Waals surface area contributed by atoms with E-state index in [1.165, 1.54) is 26.7 Å². The minimum absolute atomic E-state index is 0.558. The Labute approximate surface area is 143 Å². The Bertz CT molecular complexity index is 752. The summed E-state index contributed by atoms with van der Waals surface area (Å²) >= 11 is 1.85. The third kappa shape index (κ3) is 4.74. The maximum absolute atomic E-state index is 9.55. The van der Waals surface area contributed by atoms with E-state index >= 15 is 0 Å². The van der Waals surface area contributed by atoms with Crippen LogP contribution < -0.4 is 5.73 Å². The first-order valence-corrected chi connectivity index (χ1v) is 8.23. The van der Waals surface area contributed by atoms with Crippen LogP contribution >= 0.6 is 11.3 Å². The Balaban J connectivity index is 0.000000224. The van der Waals surface area contributed by atoms with Crippen molar-refractivity contribution < 1.29 is 19.8 Å². The van der Waals surface area contributed by atoms with E-state index in [-0.39, 0.29) is 0 Å². The lowest BCUT2D eigenvalue weighted by Crippen LogP contribution is -1.99. The van der Waals surface area contributed by atoms with Gasteiger partial charge in [-0.3, -0.25) is 0 Å². The molecule has 1 aromatic heterocycles. The zero-order valence-electron chi connectivity index (χ0n) is 12.9. The van der Waals surface area contributed by atoms with E-state index in [2.05, 4.69) is 24.3 Å². The third-order valence-corrected chi connectivity index (χ3v) is 4.44. The van der Waals surface area contributed by atoms with E-state index in [0.717, 1.165) is 25.8 Å². The molecule has 0 bridgehead atoms. The second-order valence-electron chi connectivity index (χ2n) is 5.12. The van der Waals surface area contributed by atoms with Gasteiger partial charge in [0.05, 0.1) is 10.7 Å². The fourth-order valence-corrected chi connectivity index (χ4v) is 3.46. The molecule has 1 aliphatic carbocycles.